The number of nitrogens with zero attached hydrogens (tertiary/aromatic N) is 1. The zero-order chi connectivity index (χ0) is 7.40. The number of rotatable bonds is 1. The molecule has 3 heteroatoms. The van der Waals surface area contributed by atoms with Crippen molar-refractivity contribution in [2.24, 2.45) is 0 Å². The van der Waals surface area contributed by atoms with Crippen LogP contribution in [0.15, 0.2) is 21.1 Å². The van der Waals surface area contributed by atoms with Crippen molar-refractivity contribution >= 4 is 29.7 Å². The van der Waals surface area contributed by atoms with Crippen molar-refractivity contribution in [2.75, 3.05) is 14.1 Å². The molecule has 0 unspecified atom stereocenters. The second-order valence-electron chi connectivity index (χ2n) is 2.11. The Bertz CT molecular complexity index is 190. The van der Waals surface area contributed by atoms with E-state index in [-0.39, 0.29) is 0 Å². The van der Waals surface area contributed by atoms with Crippen molar-refractivity contribution in [3.8, 4) is 0 Å². The second-order valence-corrected chi connectivity index (χ2v) is 4.26. The van der Waals surface area contributed by atoms with Gasteiger partial charge in [-0.2, -0.15) is 0 Å². The van der Waals surface area contributed by atoms with Gasteiger partial charge in [0.25, 0.3) is 0 Å². The van der Waals surface area contributed by atoms with Gasteiger partial charge in [-0.3, -0.25) is 0 Å². The third-order valence-corrected chi connectivity index (χ3v) is 2.96. The molecule has 1 heterocycles. The molecule has 0 N–H and O–H groups in total. The van der Waals surface area contributed by atoms with Gasteiger partial charge < -0.3 is 0 Å². The summed E-state index contributed by atoms with van der Waals surface area (Å²) in [5, 5.41) is 4.19. The molecule has 0 aromatic heterocycles. The van der Waals surface area contributed by atoms with E-state index in [0.717, 1.165) is 0 Å². The molecule has 0 aromatic rings. The quantitative estimate of drug-likeness (QED) is 0.440. The highest BCUT2D eigenvalue weighted by molar-refractivity contribution is 8.27. The Balaban J connectivity index is 2.49. The van der Waals surface area contributed by atoms with Gasteiger partial charge in [0.1, 0.15) is 14.1 Å². The lowest BCUT2D eigenvalue weighted by Gasteiger charge is -1.86. The molecule has 0 saturated carbocycles. The number of hydrogen-bond acceptors (Lipinski definition) is 2. The molecule has 0 fully saturated rings. The van der Waals surface area contributed by atoms with Gasteiger partial charge in [0.2, 0.25) is 0 Å². The summed E-state index contributed by atoms with van der Waals surface area (Å²) in [6, 6.07) is 0. The molecule has 0 aliphatic carbocycles. The summed E-state index contributed by atoms with van der Waals surface area (Å²) < 4.78 is 3.38. The Hall–Kier alpha value is -0.150. The summed E-state index contributed by atoms with van der Waals surface area (Å²) in [7, 11) is 4.05. The monoisotopic (exact) mass is 172 g/mol. The lowest BCUT2D eigenvalue weighted by molar-refractivity contribution is -0.458. The van der Waals surface area contributed by atoms with Crippen LogP contribution in [0.25, 0.3) is 0 Å². The van der Waals surface area contributed by atoms with Crippen LogP contribution in [0.5, 0.6) is 0 Å². The maximum atomic E-state index is 2.12. The highest BCUT2D eigenvalue weighted by Crippen LogP contribution is 2.36. The van der Waals surface area contributed by atoms with E-state index in [2.05, 4.69) is 23.1 Å². The Morgan fingerprint density at radius 1 is 1.30 bits per heavy atom. The first-order valence-corrected chi connectivity index (χ1v) is 4.75. The smallest absolute Gasteiger partial charge is 0.164 e. The van der Waals surface area contributed by atoms with Crippen LogP contribution in [0.1, 0.15) is 0 Å². The first kappa shape index (κ1) is 7.95. The summed E-state index contributed by atoms with van der Waals surface area (Å²) in [6.07, 6.45) is 4.18. The average molecular weight is 172 g/mol. The SMILES string of the molecule is C[N+](C)=CC=C1SC=CS1. The second kappa shape index (κ2) is 3.88. The normalized spacial score (nSPS) is 15.6. The van der Waals surface area contributed by atoms with Crippen LogP contribution >= 0.6 is 23.5 Å². The van der Waals surface area contributed by atoms with Crippen LogP contribution in [-0.4, -0.2) is 24.9 Å². The predicted octanol–water partition coefficient (Wildman–Crippen LogP) is 2.12. The standard InChI is InChI=1S/C7H10NS2/c1-8(2)4-3-7-9-5-6-10-7/h3-6H,1-2H3/q+1. The van der Waals surface area contributed by atoms with E-state index in [0.29, 0.717) is 0 Å². The van der Waals surface area contributed by atoms with Crippen molar-refractivity contribution in [1.82, 2.24) is 0 Å². The van der Waals surface area contributed by atoms with Crippen LogP contribution in [-0.2, 0) is 0 Å². The third kappa shape index (κ3) is 2.62. The van der Waals surface area contributed by atoms with Crippen LogP contribution in [0.2, 0.25) is 0 Å². The summed E-state index contributed by atoms with van der Waals surface area (Å²) in [6.45, 7) is 0. The number of hydrogen-bond donors (Lipinski definition) is 0. The van der Waals surface area contributed by atoms with Crippen molar-refractivity contribution in [3.63, 3.8) is 0 Å². The van der Waals surface area contributed by atoms with E-state index in [9.17, 15) is 0 Å². The van der Waals surface area contributed by atoms with Crippen molar-refractivity contribution < 1.29 is 4.58 Å². The molecule has 1 aliphatic rings. The van der Waals surface area contributed by atoms with E-state index in [1.54, 1.807) is 23.5 Å². The van der Waals surface area contributed by atoms with Gasteiger partial charge in [0.15, 0.2) is 6.21 Å². The first-order valence-electron chi connectivity index (χ1n) is 2.99. The van der Waals surface area contributed by atoms with E-state index in [1.165, 1.54) is 4.24 Å². The minimum Gasteiger partial charge on any atom is -0.241 e. The summed E-state index contributed by atoms with van der Waals surface area (Å²) in [5.41, 5.74) is 0. The van der Waals surface area contributed by atoms with E-state index < -0.39 is 0 Å². The van der Waals surface area contributed by atoms with Gasteiger partial charge in [-0.25, -0.2) is 4.58 Å². The Labute approximate surface area is 69.9 Å². The number of allylic oxidation sites excluding steroid dienone is 1. The largest absolute Gasteiger partial charge is 0.241 e. The third-order valence-electron chi connectivity index (χ3n) is 0.933. The van der Waals surface area contributed by atoms with Gasteiger partial charge in [0, 0.05) is 6.08 Å². The van der Waals surface area contributed by atoms with E-state index in [1.807, 2.05) is 18.7 Å². The van der Waals surface area contributed by atoms with Gasteiger partial charge in [-0.15, -0.1) is 0 Å². The van der Waals surface area contributed by atoms with Gasteiger partial charge in [-0.05, 0) is 10.8 Å². The molecule has 0 bridgehead atoms. The maximum absolute atomic E-state index is 2.12. The molecule has 54 valence electrons. The van der Waals surface area contributed by atoms with Gasteiger partial charge in [0.05, 0.1) is 4.24 Å². The maximum Gasteiger partial charge on any atom is 0.164 e. The molecule has 0 aromatic carbocycles. The molecule has 0 radical (unpaired) electrons. The lowest BCUT2D eigenvalue weighted by Crippen LogP contribution is -1.95. The van der Waals surface area contributed by atoms with Crippen molar-refractivity contribution in [1.29, 1.82) is 0 Å². The Morgan fingerprint density at radius 3 is 2.40 bits per heavy atom. The minimum atomic E-state index is 1.34. The molecule has 1 aliphatic heterocycles. The topological polar surface area (TPSA) is 3.01 Å². The molecule has 0 amide bonds. The van der Waals surface area contributed by atoms with E-state index >= 15 is 0 Å². The number of thioether (sulfide) groups is 2. The van der Waals surface area contributed by atoms with Gasteiger partial charge in [-0.1, -0.05) is 23.5 Å². The van der Waals surface area contributed by atoms with Crippen molar-refractivity contribution in [2.45, 2.75) is 0 Å². The minimum absolute atomic E-state index is 1.34. The molecule has 0 saturated heterocycles. The first-order chi connectivity index (χ1) is 4.79. The molecule has 1 rings (SSSR count). The van der Waals surface area contributed by atoms with Crippen LogP contribution in [0.4, 0.5) is 0 Å². The molecule has 10 heavy (non-hydrogen) atoms. The molecule has 0 atom stereocenters. The predicted molar refractivity (Wildman–Crippen MR) is 50.6 cm³/mol. The lowest BCUT2D eigenvalue weighted by atomic mass is 10.7. The summed E-state index contributed by atoms with van der Waals surface area (Å²) in [5.74, 6) is 0. The molecule has 0 spiro atoms. The Morgan fingerprint density at radius 2 is 1.90 bits per heavy atom. The van der Waals surface area contributed by atoms with Crippen LogP contribution in [0.3, 0.4) is 0 Å². The average Bonchev–Trinajstić information content (AvgIpc) is 2.34. The van der Waals surface area contributed by atoms with Crippen LogP contribution in [0, 0.1) is 0 Å². The summed E-state index contributed by atoms with van der Waals surface area (Å²) in [4.78, 5) is 0. The van der Waals surface area contributed by atoms with Crippen LogP contribution < -0.4 is 0 Å². The fourth-order valence-electron chi connectivity index (χ4n) is 0.506. The molecule has 1 nitrogen and oxygen atoms in total. The zero-order valence-electron chi connectivity index (χ0n) is 6.07. The highest BCUT2D eigenvalue weighted by atomic mass is 32.2. The fourth-order valence-corrected chi connectivity index (χ4v) is 2.05. The van der Waals surface area contributed by atoms with Crippen molar-refractivity contribution in [3.05, 3.63) is 21.1 Å². The summed E-state index contributed by atoms with van der Waals surface area (Å²) >= 11 is 3.54. The zero-order valence-corrected chi connectivity index (χ0v) is 7.71. The molecular formula is C7H10NS2+. The van der Waals surface area contributed by atoms with Gasteiger partial charge >= 0.3 is 0 Å². The molecular weight excluding hydrogens is 162 g/mol. The fraction of sp³-hybridized carbons (Fsp3) is 0.286. The van der Waals surface area contributed by atoms with E-state index in [4.69, 9.17) is 0 Å². The highest BCUT2D eigenvalue weighted by Gasteiger charge is 1.99. The Kier molecular flexibility index (Phi) is 3.09.